The summed E-state index contributed by atoms with van der Waals surface area (Å²) in [6.45, 7) is 2.27. The van der Waals surface area contributed by atoms with Gasteiger partial charge < -0.3 is 5.32 Å². The van der Waals surface area contributed by atoms with E-state index in [9.17, 15) is 0 Å². The summed E-state index contributed by atoms with van der Waals surface area (Å²) in [5.74, 6) is 0. The fourth-order valence-corrected chi connectivity index (χ4v) is 4.31. The summed E-state index contributed by atoms with van der Waals surface area (Å²) in [6, 6.07) is 7.68. The maximum Gasteiger partial charge on any atom is 0.0391 e. The molecule has 1 aliphatic carbocycles. The molecule has 90 valence electrons. The molecule has 3 heteroatoms. The van der Waals surface area contributed by atoms with Gasteiger partial charge in [-0.2, -0.15) is 0 Å². The molecule has 0 aliphatic heterocycles. The van der Waals surface area contributed by atoms with Crippen molar-refractivity contribution in [3.05, 3.63) is 44.3 Å². The maximum atomic E-state index is 3.78. The molecule has 0 saturated carbocycles. The van der Waals surface area contributed by atoms with Crippen molar-refractivity contribution < 1.29 is 0 Å². The summed E-state index contributed by atoms with van der Waals surface area (Å²) in [7, 11) is 0. The molecule has 0 radical (unpaired) electrons. The molecule has 2 atom stereocenters. The van der Waals surface area contributed by atoms with E-state index in [1.807, 2.05) is 22.7 Å². The van der Waals surface area contributed by atoms with E-state index < -0.39 is 0 Å². The first-order chi connectivity index (χ1) is 8.34. The Labute approximate surface area is 111 Å². The molecular formula is C14H17NS2. The first-order valence-corrected chi connectivity index (χ1v) is 7.96. The lowest BCUT2D eigenvalue weighted by molar-refractivity contribution is 0.421. The van der Waals surface area contributed by atoms with Crippen molar-refractivity contribution in [2.75, 3.05) is 0 Å². The first kappa shape index (κ1) is 11.5. The molecule has 0 fully saturated rings. The molecule has 2 heterocycles. The zero-order valence-corrected chi connectivity index (χ0v) is 11.6. The molecule has 17 heavy (non-hydrogen) atoms. The van der Waals surface area contributed by atoms with E-state index in [4.69, 9.17) is 0 Å². The molecule has 0 aromatic carbocycles. The molecule has 1 nitrogen and oxygen atoms in total. The second kappa shape index (κ2) is 4.92. The Morgan fingerprint density at radius 3 is 3.06 bits per heavy atom. The van der Waals surface area contributed by atoms with E-state index in [1.165, 1.54) is 24.1 Å². The molecule has 2 aromatic rings. The smallest absolute Gasteiger partial charge is 0.0391 e. The van der Waals surface area contributed by atoms with Crippen molar-refractivity contribution in [2.45, 2.75) is 38.3 Å². The largest absolute Gasteiger partial charge is 0.303 e. The molecular weight excluding hydrogens is 246 g/mol. The third-order valence-electron chi connectivity index (χ3n) is 3.47. The second-order valence-corrected chi connectivity index (χ2v) is 6.63. The van der Waals surface area contributed by atoms with Crippen LogP contribution in [-0.2, 0) is 6.42 Å². The van der Waals surface area contributed by atoms with Crippen LogP contribution in [-0.4, -0.2) is 0 Å². The van der Waals surface area contributed by atoms with Crippen LogP contribution in [0.3, 0.4) is 0 Å². The maximum absolute atomic E-state index is 3.78. The van der Waals surface area contributed by atoms with E-state index in [0.29, 0.717) is 12.1 Å². The van der Waals surface area contributed by atoms with Crippen molar-refractivity contribution in [1.29, 1.82) is 0 Å². The van der Waals surface area contributed by atoms with Crippen LogP contribution in [0, 0.1) is 0 Å². The normalized spacial score (nSPS) is 21.1. The van der Waals surface area contributed by atoms with Gasteiger partial charge in [-0.15, -0.1) is 22.7 Å². The topological polar surface area (TPSA) is 12.0 Å². The number of aryl methyl sites for hydroxylation is 1. The monoisotopic (exact) mass is 263 g/mol. The van der Waals surface area contributed by atoms with Crippen LogP contribution in [0.5, 0.6) is 0 Å². The quantitative estimate of drug-likeness (QED) is 0.857. The third-order valence-corrected chi connectivity index (χ3v) is 5.52. The molecule has 1 aliphatic rings. The summed E-state index contributed by atoms with van der Waals surface area (Å²) in [5.41, 5.74) is 1.55. The molecule has 3 rings (SSSR count). The van der Waals surface area contributed by atoms with E-state index in [1.54, 1.807) is 10.4 Å². The second-order valence-electron chi connectivity index (χ2n) is 4.65. The molecule has 0 saturated heterocycles. The fourth-order valence-electron chi connectivity index (χ4n) is 2.58. The summed E-state index contributed by atoms with van der Waals surface area (Å²) in [5, 5.41) is 8.17. The van der Waals surface area contributed by atoms with Gasteiger partial charge in [-0.1, -0.05) is 6.07 Å². The van der Waals surface area contributed by atoms with Crippen LogP contribution < -0.4 is 5.32 Å². The van der Waals surface area contributed by atoms with Gasteiger partial charge in [-0.3, -0.25) is 0 Å². The Hall–Kier alpha value is -0.640. The van der Waals surface area contributed by atoms with E-state index >= 15 is 0 Å². The standard InChI is InChI=1S/C14H17NS2/c1-10(13-6-3-8-16-13)15-12-4-2-5-14-11(12)7-9-17-14/h3,6-10,12,15H,2,4-5H2,1H3/t10-,12?/m0/s1. The van der Waals surface area contributed by atoms with Crippen molar-refractivity contribution >= 4 is 22.7 Å². The first-order valence-electron chi connectivity index (χ1n) is 6.20. The predicted molar refractivity (Wildman–Crippen MR) is 75.9 cm³/mol. The van der Waals surface area contributed by atoms with Crippen LogP contribution in [0.1, 0.15) is 47.2 Å². The third kappa shape index (κ3) is 2.32. The van der Waals surface area contributed by atoms with Crippen LogP contribution >= 0.6 is 22.7 Å². The Balaban J connectivity index is 1.75. The van der Waals surface area contributed by atoms with Gasteiger partial charge in [-0.05, 0) is 54.6 Å². The number of fused-ring (bicyclic) bond motifs is 1. The average Bonchev–Trinajstić information content (AvgIpc) is 3.00. The van der Waals surface area contributed by atoms with Crippen LogP contribution in [0.4, 0.5) is 0 Å². The van der Waals surface area contributed by atoms with Gasteiger partial charge in [0, 0.05) is 21.8 Å². The number of nitrogens with one attached hydrogen (secondary N) is 1. The SMILES string of the molecule is C[C@H](NC1CCCc2sccc21)c1cccs1. The van der Waals surface area contributed by atoms with Crippen LogP contribution in [0.15, 0.2) is 29.0 Å². The van der Waals surface area contributed by atoms with Gasteiger partial charge in [0.2, 0.25) is 0 Å². The molecule has 1 N–H and O–H groups in total. The summed E-state index contributed by atoms with van der Waals surface area (Å²) in [6.07, 6.45) is 3.88. The van der Waals surface area contributed by atoms with Crippen LogP contribution in [0.25, 0.3) is 0 Å². The Morgan fingerprint density at radius 2 is 2.24 bits per heavy atom. The Morgan fingerprint density at radius 1 is 1.29 bits per heavy atom. The van der Waals surface area contributed by atoms with Gasteiger partial charge in [0.15, 0.2) is 0 Å². The Bertz CT molecular complexity index is 472. The van der Waals surface area contributed by atoms with Crippen molar-refractivity contribution in [1.82, 2.24) is 5.32 Å². The van der Waals surface area contributed by atoms with Crippen LogP contribution in [0.2, 0.25) is 0 Å². The van der Waals surface area contributed by atoms with Gasteiger partial charge in [-0.25, -0.2) is 0 Å². The molecule has 0 spiro atoms. The summed E-state index contributed by atoms with van der Waals surface area (Å²) >= 11 is 3.76. The lowest BCUT2D eigenvalue weighted by atomic mass is 9.93. The minimum atomic E-state index is 0.464. The zero-order chi connectivity index (χ0) is 11.7. The molecule has 1 unspecified atom stereocenters. The molecule has 0 bridgehead atoms. The summed E-state index contributed by atoms with van der Waals surface area (Å²) in [4.78, 5) is 3.03. The van der Waals surface area contributed by atoms with Gasteiger partial charge in [0.1, 0.15) is 0 Å². The molecule has 0 amide bonds. The summed E-state index contributed by atoms with van der Waals surface area (Å²) < 4.78 is 0. The zero-order valence-electron chi connectivity index (χ0n) is 9.98. The number of thiophene rings is 2. The highest BCUT2D eigenvalue weighted by atomic mass is 32.1. The number of rotatable bonds is 3. The van der Waals surface area contributed by atoms with Gasteiger partial charge in [0.25, 0.3) is 0 Å². The van der Waals surface area contributed by atoms with Gasteiger partial charge in [0.05, 0.1) is 0 Å². The minimum absolute atomic E-state index is 0.464. The number of hydrogen-bond donors (Lipinski definition) is 1. The lowest BCUT2D eigenvalue weighted by Crippen LogP contribution is -2.26. The highest BCUT2D eigenvalue weighted by Crippen LogP contribution is 2.35. The molecule has 2 aromatic heterocycles. The van der Waals surface area contributed by atoms with E-state index in [2.05, 4.69) is 41.2 Å². The van der Waals surface area contributed by atoms with Crippen molar-refractivity contribution in [3.63, 3.8) is 0 Å². The Kier molecular flexibility index (Phi) is 3.32. The highest BCUT2D eigenvalue weighted by Gasteiger charge is 2.22. The fraction of sp³-hybridized carbons (Fsp3) is 0.429. The van der Waals surface area contributed by atoms with E-state index in [-0.39, 0.29) is 0 Å². The van der Waals surface area contributed by atoms with E-state index in [0.717, 1.165) is 0 Å². The van der Waals surface area contributed by atoms with Crippen molar-refractivity contribution in [3.8, 4) is 0 Å². The number of hydrogen-bond acceptors (Lipinski definition) is 3. The van der Waals surface area contributed by atoms with Gasteiger partial charge >= 0.3 is 0 Å². The highest BCUT2D eigenvalue weighted by molar-refractivity contribution is 7.10. The minimum Gasteiger partial charge on any atom is -0.303 e. The average molecular weight is 263 g/mol. The lowest BCUT2D eigenvalue weighted by Gasteiger charge is -2.26. The van der Waals surface area contributed by atoms with Crippen molar-refractivity contribution in [2.24, 2.45) is 0 Å². The predicted octanol–water partition coefficient (Wildman–Crippen LogP) is 4.54.